The van der Waals surface area contributed by atoms with Gasteiger partial charge in [0, 0.05) is 24.9 Å². The van der Waals surface area contributed by atoms with Crippen molar-refractivity contribution in [1.29, 1.82) is 0 Å². The van der Waals surface area contributed by atoms with Gasteiger partial charge >= 0.3 is 0 Å². The van der Waals surface area contributed by atoms with Crippen LogP contribution in [0.15, 0.2) is 18.2 Å². The smallest absolute Gasteiger partial charge is 0.209 e. The number of halogens is 1. The lowest BCUT2D eigenvalue weighted by molar-refractivity contribution is 0.434. The Balaban J connectivity index is 2.08. The van der Waals surface area contributed by atoms with Gasteiger partial charge in [-0.2, -0.15) is 0 Å². The van der Waals surface area contributed by atoms with Gasteiger partial charge in [0.1, 0.15) is 5.82 Å². The van der Waals surface area contributed by atoms with E-state index in [-0.39, 0.29) is 23.7 Å². The first-order chi connectivity index (χ1) is 8.47. The lowest BCUT2D eigenvalue weighted by atomic mass is 9.95. The van der Waals surface area contributed by atoms with Crippen molar-refractivity contribution >= 4 is 10.0 Å². The molecule has 0 spiro atoms. The summed E-state index contributed by atoms with van der Waals surface area (Å²) in [5.74, 6) is -0.0592. The van der Waals surface area contributed by atoms with Crippen molar-refractivity contribution < 1.29 is 12.8 Å². The molecule has 2 aliphatic rings. The predicted molar refractivity (Wildman–Crippen MR) is 66.2 cm³/mol. The molecule has 98 valence electrons. The van der Waals surface area contributed by atoms with Gasteiger partial charge in [0.15, 0.2) is 0 Å². The maximum Gasteiger partial charge on any atom is 0.209 e. The summed E-state index contributed by atoms with van der Waals surface area (Å²) in [5, 5.41) is 3.21. The van der Waals surface area contributed by atoms with E-state index in [2.05, 4.69) is 10.0 Å². The van der Waals surface area contributed by atoms with Gasteiger partial charge in [-0.1, -0.05) is 12.1 Å². The minimum absolute atomic E-state index is 0.0699. The molecule has 18 heavy (non-hydrogen) atoms. The largest absolute Gasteiger partial charge is 0.316 e. The molecular formula is C12H15FN2O2S. The van der Waals surface area contributed by atoms with E-state index >= 15 is 0 Å². The summed E-state index contributed by atoms with van der Waals surface area (Å²) in [6.45, 7) is 1.42. The Morgan fingerprint density at radius 1 is 1.39 bits per heavy atom. The number of sulfonamides is 1. The van der Waals surface area contributed by atoms with Crippen LogP contribution < -0.4 is 10.0 Å². The van der Waals surface area contributed by atoms with Crippen LogP contribution in [0, 0.1) is 11.7 Å². The molecule has 6 heteroatoms. The molecule has 1 aliphatic heterocycles. The van der Waals surface area contributed by atoms with E-state index in [1.54, 1.807) is 6.07 Å². The summed E-state index contributed by atoms with van der Waals surface area (Å²) < 4.78 is 39.5. The first kappa shape index (κ1) is 12.1. The summed E-state index contributed by atoms with van der Waals surface area (Å²) in [6.07, 6.45) is 1.14. The third-order valence-electron chi connectivity index (χ3n) is 3.82. The Kier molecular flexibility index (Phi) is 2.69. The van der Waals surface area contributed by atoms with Gasteiger partial charge in [0.2, 0.25) is 10.0 Å². The maximum atomic E-state index is 13.9. The molecule has 1 aliphatic carbocycles. The Morgan fingerprint density at radius 2 is 2.17 bits per heavy atom. The number of fused-ring (bicyclic) bond motifs is 3. The SMILES string of the molecule is CS(=O)(=O)N[C@@H]1c2cccc(F)c2[C@@H]2CNC[C@H]12. The summed E-state index contributed by atoms with van der Waals surface area (Å²) in [5.41, 5.74) is 1.46. The zero-order valence-corrected chi connectivity index (χ0v) is 10.8. The van der Waals surface area contributed by atoms with Crippen LogP contribution in [0.3, 0.4) is 0 Å². The summed E-state index contributed by atoms with van der Waals surface area (Å²) in [6, 6.07) is 4.58. The molecule has 0 amide bonds. The van der Waals surface area contributed by atoms with Crippen molar-refractivity contribution in [3.8, 4) is 0 Å². The average Bonchev–Trinajstić information content (AvgIpc) is 2.81. The van der Waals surface area contributed by atoms with Crippen molar-refractivity contribution in [1.82, 2.24) is 10.0 Å². The van der Waals surface area contributed by atoms with Crippen LogP contribution in [-0.4, -0.2) is 27.8 Å². The van der Waals surface area contributed by atoms with E-state index in [1.165, 1.54) is 6.07 Å². The van der Waals surface area contributed by atoms with E-state index in [1.807, 2.05) is 6.07 Å². The van der Waals surface area contributed by atoms with Crippen molar-refractivity contribution in [3.63, 3.8) is 0 Å². The van der Waals surface area contributed by atoms with Crippen LogP contribution in [0.1, 0.15) is 23.1 Å². The second-order valence-corrected chi connectivity index (χ2v) is 6.82. The van der Waals surface area contributed by atoms with Crippen LogP contribution in [0.25, 0.3) is 0 Å². The summed E-state index contributed by atoms with van der Waals surface area (Å²) >= 11 is 0. The fourth-order valence-electron chi connectivity index (χ4n) is 3.19. The van der Waals surface area contributed by atoms with Crippen molar-refractivity contribution in [2.75, 3.05) is 19.3 Å². The zero-order valence-electron chi connectivity index (χ0n) is 9.98. The predicted octanol–water partition coefficient (Wildman–Crippen LogP) is 0.733. The molecular weight excluding hydrogens is 255 g/mol. The summed E-state index contributed by atoms with van der Waals surface area (Å²) in [4.78, 5) is 0. The van der Waals surface area contributed by atoms with Gasteiger partial charge in [0.05, 0.1) is 12.3 Å². The van der Waals surface area contributed by atoms with Crippen LogP contribution in [0.5, 0.6) is 0 Å². The van der Waals surface area contributed by atoms with E-state index in [0.717, 1.165) is 11.8 Å². The molecule has 0 aromatic heterocycles. The Hall–Kier alpha value is -0.980. The normalized spacial score (nSPS) is 30.2. The molecule has 3 atom stereocenters. The molecule has 3 rings (SSSR count). The third-order valence-corrected chi connectivity index (χ3v) is 4.50. The quantitative estimate of drug-likeness (QED) is 0.833. The van der Waals surface area contributed by atoms with Crippen LogP contribution in [0.4, 0.5) is 4.39 Å². The van der Waals surface area contributed by atoms with Crippen molar-refractivity contribution in [2.24, 2.45) is 5.92 Å². The van der Waals surface area contributed by atoms with Gasteiger partial charge in [-0.05, 0) is 17.2 Å². The number of rotatable bonds is 2. The first-order valence-corrected chi connectivity index (χ1v) is 7.83. The van der Waals surface area contributed by atoms with Crippen LogP contribution >= 0.6 is 0 Å². The lowest BCUT2D eigenvalue weighted by Gasteiger charge is -2.19. The molecule has 1 fully saturated rings. The molecule has 4 nitrogen and oxygen atoms in total. The van der Waals surface area contributed by atoms with E-state index < -0.39 is 10.0 Å². The minimum Gasteiger partial charge on any atom is -0.316 e. The van der Waals surface area contributed by atoms with Gasteiger partial charge in [-0.3, -0.25) is 0 Å². The molecule has 1 aromatic rings. The highest BCUT2D eigenvalue weighted by atomic mass is 32.2. The fourth-order valence-corrected chi connectivity index (χ4v) is 3.96. The lowest BCUT2D eigenvalue weighted by Crippen LogP contribution is -2.32. The molecule has 0 unspecified atom stereocenters. The standard InChI is InChI=1S/C12H15FN2O2S/c1-18(16,17)15-12-7-3-2-4-10(13)11(7)8-5-14-6-9(8)12/h2-4,8-9,12,14-15H,5-6H2,1H3/t8-,9+,12-/m1/s1. The average molecular weight is 270 g/mol. The van der Waals surface area contributed by atoms with E-state index in [4.69, 9.17) is 0 Å². The maximum absolute atomic E-state index is 13.9. The Morgan fingerprint density at radius 3 is 2.89 bits per heavy atom. The number of hydrogen-bond acceptors (Lipinski definition) is 3. The van der Waals surface area contributed by atoms with Gasteiger partial charge in [0.25, 0.3) is 0 Å². The highest BCUT2D eigenvalue weighted by Crippen LogP contribution is 2.47. The Bertz CT molecular complexity index is 588. The number of hydrogen-bond donors (Lipinski definition) is 2. The molecule has 0 saturated carbocycles. The Labute approximate surface area is 106 Å². The second-order valence-electron chi connectivity index (χ2n) is 5.04. The second kappa shape index (κ2) is 4.01. The van der Waals surface area contributed by atoms with Gasteiger partial charge in [-0.15, -0.1) is 0 Å². The van der Waals surface area contributed by atoms with Gasteiger partial charge in [-0.25, -0.2) is 17.5 Å². The highest BCUT2D eigenvalue weighted by Gasteiger charge is 2.45. The van der Waals surface area contributed by atoms with E-state index in [9.17, 15) is 12.8 Å². The molecule has 0 bridgehead atoms. The van der Waals surface area contributed by atoms with Crippen LogP contribution in [0.2, 0.25) is 0 Å². The molecule has 2 N–H and O–H groups in total. The monoisotopic (exact) mass is 270 g/mol. The van der Waals surface area contributed by atoms with Gasteiger partial charge < -0.3 is 5.32 Å². The fraction of sp³-hybridized carbons (Fsp3) is 0.500. The molecule has 1 aromatic carbocycles. The number of benzene rings is 1. The van der Waals surface area contributed by atoms with Crippen LogP contribution in [-0.2, 0) is 10.0 Å². The highest BCUT2D eigenvalue weighted by molar-refractivity contribution is 7.88. The van der Waals surface area contributed by atoms with Crippen molar-refractivity contribution in [2.45, 2.75) is 12.0 Å². The molecule has 1 heterocycles. The zero-order chi connectivity index (χ0) is 12.9. The van der Waals surface area contributed by atoms with Crippen molar-refractivity contribution in [3.05, 3.63) is 35.1 Å². The topological polar surface area (TPSA) is 58.2 Å². The molecule has 1 saturated heterocycles. The number of nitrogens with one attached hydrogen (secondary N) is 2. The first-order valence-electron chi connectivity index (χ1n) is 5.94. The minimum atomic E-state index is -3.30. The summed E-state index contributed by atoms with van der Waals surface area (Å²) in [7, 11) is -3.30. The van der Waals surface area contributed by atoms with E-state index in [0.29, 0.717) is 18.7 Å². The third kappa shape index (κ3) is 1.84. The molecule has 0 radical (unpaired) electrons.